The Morgan fingerprint density at radius 1 is 1.24 bits per heavy atom. The molecule has 0 radical (unpaired) electrons. The number of alkyl halides is 2. The molecule has 2 N–H and O–H groups in total. The first-order chi connectivity index (χ1) is 7.87. The number of hydrogen-bond acceptors (Lipinski definition) is 4. The molecule has 1 aromatic carbocycles. The van der Waals surface area contributed by atoms with Crippen molar-refractivity contribution in [3.63, 3.8) is 0 Å². The van der Waals surface area contributed by atoms with Gasteiger partial charge in [-0.1, -0.05) is 0 Å². The summed E-state index contributed by atoms with van der Waals surface area (Å²) < 4.78 is 34.1. The maximum absolute atomic E-state index is 12.8. The molecule has 0 aromatic heterocycles. The van der Waals surface area contributed by atoms with Crippen molar-refractivity contribution in [3.8, 4) is 11.5 Å². The van der Waals surface area contributed by atoms with Crippen molar-refractivity contribution in [2.75, 3.05) is 5.32 Å². The van der Waals surface area contributed by atoms with Gasteiger partial charge in [0.05, 0.1) is 6.10 Å². The minimum absolute atomic E-state index is 0.00486. The largest absolute Gasteiger partial charge is 0.586 e. The smallest absolute Gasteiger partial charge is 0.395 e. The number of benzene rings is 1. The van der Waals surface area contributed by atoms with E-state index in [0.717, 1.165) is 0 Å². The van der Waals surface area contributed by atoms with Crippen LogP contribution < -0.4 is 14.8 Å². The highest BCUT2D eigenvalue weighted by atomic mass is 19.3. The summed E-state index contributed by atoms with van der Waals surface area (Å²) in [6.45, 7) is 3.42. The summed E-state index contributed by atoms with van der Waals surface area (Å²) in [5.41, 5.74) is 0.582. The van der Waals surface area contributed by atoms with E-state index >= 15 is 0 Å². The molecule has 2 atom stereocenters. The van der Waals surface area contributed by atoms with Crippen molar-refractivity contribution in [1.82, 2.24) is 0 Å². The van der Waals surface area contributed by atoms with Crippen LogP contribution in [0.1, 0.15) is 13.8 Å². The third-order valence-electron chi connectivity index (χ3n) is 2.52. The van der Waals surface area contributed by atoms with Crippen LogP contribution in [0.2, 0.25) is 0 Å². The Labute approximate surface area is 97.2 Å². The fourth-order valence-corrected chi connectivity index (χ4v) is 1.42. The number of fused-ring (bicyclic) bond motifs is 1. The van der Waals surface area contributed by atoms with Gasteiger partial charge in [-0.2, -0.15) is 0 Å². The number of aliphatic hydroxyl groups excluding tert-OH is 1. The highest BCUT2D eigenvalue weighted by Gasteiger charge is 2.43. The van der Waals surface area contributed by atoms with Crippen LogP contribution >= 0.6 is 0 Å². The van der Waals surface area contributed by atoms with Crippen LogP contribution in [-0.4, -0.2) is 23.5 Å². The summed E-state index contributed by atoms with van der Waals surface area (Å²) >= 11 is 0. The van der Waals surface area contributed by atoms with Crippen molar-refractivity contribution in [2.45, 2.75) is 32.3 Å². The number of aliphatic hydroxyl groups is 1. The lowest BCUT2D eigenvalue weighted by Gasteiger charge is -2.17. The summed E-state index contributed by atoms with van der Waals surface area (Å²) in [5, 5.41) is 12.3. The van der Waals surface area contributed by atoms with Gasteiger partial charge in [-0.15, -0.1) is 8.78 Å². The second-order valence-corrected chi connectivity index (χ2v) is 4.00. The van der Waals surface area contributed by atoms with Gasteiger partial charge in [-0.05, 0) is 26.0 Å². The Bertz CT molecular complexity index is 423. The molecule has 1 heterocycles. The van der Waals surface area contributed by atoms with Crippen molar-refractivity contribution in [1.29, 1.82) is 0 Å². The van der Waals surface area contributed by atoms with E-state index in [1.165, 1.54) is 12.1 Å². The van der Waals surface area contributed by atoms with Crippen LogP contribution in [0, 0.1) is 0 Å². The zero-order valence-electron chi connectivity index (χ0n) is 9.41. The van der Waals surface area contributed by atoms with Gasteiger partial charge in [0.25, 0.3) is 0 Å². The van der Waals surface area contributed by atoms with Crippen LogP contribution in [0.3, 0.4) is 0 Å². The second-order valence-electron chi connectivity index (χ2n) is 4.00. The Morgan fingerprint density at radius 3 is 2.53 bits per heavy atom. The molecular weight excluding hydrogens is 232 g/mol. The number of ether oxygens (including phenoxy) is 2. The predicted molar refractivity (Wildman–Crippen MR) is 57.4 cm³/mol. The van der Waals surface area contributed by atoms with Crippen molar-refractivity contribution in [3.05, 3.63) is 18.2 Å². The zero-order chi connectivity index (χ0) is 12.6. The highest BCUT2D eigenvalue weighted by molar-refractivity contribution is 5.56. The quantitative estimate of drug-likeness (QED) is 0.857. The molecule has 0 fully saturated rings. The van der Waals surface area contributed by atoms with Gasteiger partial charge in [0.15, 0.2) is 11.5 Å². The van der Waals surface area contributed by atoms with Crippen LogP contribution in [0.4, 0.5) is 14.5 Å². The first-order valence-electron chi connectivity index (χ1n) is 5.22. The van der Waals surface area contributed by atoms with E-state index in [2.05, 4.69) is 14.8 Å². The molecular formula is C11H13F2NO3. The molecule has 1 aromatic rings. The molecule has 0 saturated carbocycles. The van der Waals surface area contributed by atoms with Crippen LogP contribution in [0.15, 0.2) is 18.2 Å². The molecule has 4 nitrogen and oxygen atoms in total. The summed E-state index contributed by atoms with van der Waals surface area (Å²) in [6, 6.07) is 4.20. The lowest BCUT2D eigenvalue weighted by atomic mass is 10.2. The maximum Gasteiger partial charge on any atom is 0.586 e. The van der Waals surface area contributed by atoms with E-state index in [1.807, 2.05) is 0 Å². The lowest BCUT2D eigenvalue weighted by Crippen LogP contribution is -2.27. The average Bonchev–Trinajstić information content (AvgIpc) is 2.50. The third-order valence-corrected chi connectivity index (χ3v) is 2.52. The normalized spacial score (nSPS) is 19.8. The lowest BCUT2D eigenvalue weighted by molar-refractivity contribution is -0.286. The van der Waals surface area contributed by atoms with Gasteiger partial charge in [-0.3, -0.25) is 0 Å². The molecule has 94 valence electrons. The number of rotatable bonds is 3. The van der Waals surface area contributed by atoms with E-state index in [0.29, 0.717) is 5.69 Å². The minimum atomic E-state index is -3.60. The van der Waals surface area contributed by atoms with E-state index in [4.69, 9.17) is 0 Å². The van der Waals surface area contributed by atoms with E-state index < -0.39 is 12.4 Å². The van der Waals surface area contributed by atoms with Crippen LogP contribution in [0.25, 0.3) is 0 Å². The second kappa shape index (κ2) is 4.03. The van der Waals surface area contributed by atoms with Gasteiger partial charge in [0.1, 0.15) is 0 Å². The first-order valence-corrected chi connectivity index (χ1v) is 5.22. The number of hydrogen-bond donors (Lipinski definition) is 2. The molecule has 0 saturated heterocycles. The van der Waals surface area contributed by atoms with Crippen molar-refractivity contribution in [2.24, 2.45) is 0 Å². The summed E-state index contributed by atoms with van der Waals surface area (Å²) in [7, 11) is 0. The van der Waals surface area contributed by atoms with Crippen molar-refractivity contribution < 1.29 is 23.4 Å². The Balaban J connectivity index is 2.14. The maximum atomic E-state index is 12.8. The van der Waals surface area contributed by atoms with E-state index in [-0.39, 0.29) is 17.5 Å². The molecule has 1 aliphatic rings. The van der Waals surface area contributed by atoms with E-state index in [1.54, 1.807) is 19.9 Å². The summed E-state index contributed by atoms with van der Waals surface area (Å²) in [5.74, 6) is -0.0111. The Kier molecular flexibility index (Phi) is 2.82. The first kappa shape index (κ1) is 11.9. The number of anilines is 1. The molecule has 2 unspecified atom stereocenters. The molecule has 0 aliphatic carbocycles. The predicted octanol–water partition coefficient (Wildman–Crippen LogP) is 2.19. The van der Waals surface area contributed by atoms with Crippen LogP contribution in [0.5, 0.6) is 11.5 Å². The monoisotopic (exact) mass is 245 g/mol. The molecule has 1 aliphatic heterocycles. The fraction of sp³-hybridized carbons (Fsp3) is 0.455. The zero-order valence-corrected chi connectivity index (χ0v) is 9.41. The number of halogens is 2. The molecule has 17 heavy (non-hydrogen) atoms. The van der Waals surface area contributed by atoms with Gasteiger partial charge < -0.3 is 19.9 Å². The van der Waals surface area contributed by atoms with Gasteiger partial charge in [0.2, 0.25) is 0 Å². The third kappa shape index (κ3) is 2.58. The molecule has 2 rings (SSSR count). The fourth-order valence-electron chi connectivity index (χ4n) is 1.42. The molecule has 0 amide bonds. The Hall–Kier alpha value is -1.56. The van der Waals surface area contributed by atoms with E-state index in [9.17, 15) is 13.9 Å². The van der Waals surface area contributed by atoms with Crippen molar-refractivity contribution >= 4 is 5.69 Å². The van der Waals surface area contributed by atoms with Gasteiger partial charge in [-0.25, -0.2) is 0 Å². The minimum Gasteiger partial charge on any atom is -0.395 e. The molecule has 0 spiro atoms. The Morgan fingerprint density at radius 2 is 1.88 bits per heavy atom. The average molecular weight is 245 g/mol. The molecule has 6 heteroatoms. The van der Waals surface area contributed by atoms with Gasteiger partial charge in [0, 0.05) is 17.8 Å². The summed E-state index contributed by atoms with van der Waals surface area (Å²) in [4.78, 5) is 0. The highest BCUT2D eigenvalue weighted by Crippen LogP contribution is 2.42. The summed E-state index contributed by atoms with van der Waals surface area (Å²) in [6.07, 6.45) is -4.15. The number of nitrogens with one attached hydrogen (secondary N) is 1. The van der Waals surface area contributed by atoms with Gasteiger partial charge >= 0.3 is 6.29 Å². The topological polar surface area (TPSA) is 50.7 Å². The standard InChI is InChI=1S/C11H13F2NO3/c1-6(7(2)15)14-8-3-4-9-10(5-8)17-11(12,13)16-9/h3-7,14-15H,1-2H3. The van der Waals surface area contributed by atoms with Crippen LogP contribution in [-0.2, 0) is 0 Å². The SMILES string of the molecule is CC(O)C(C)Nc1ccc2c(c1)OC(F)(F)O2. The molecule has 0 bridgehead atoms.